The number of fused-ring (bicyclic) bond motifs is 1. The van der Waals surface area contributed by atoms with Gasteiger partial charge >= 0.3 is 0 Å². The highest BCUT2D eigenvalue weighted by molar-refractivity contribution is 14.1. The minimum absolute atomic E-state index is 1.29. The van der Waals surface area contributed by atoms with E-state index in [2.05, 4.69) is 91.1 Å². The van der Waals surface area contributed by atoms with E-state index in [1.54, 1.807) is 0 Å². The van der Waals surface area contributed by atoms with Gasteiger partial charge in [-0.1, -0.05) is 60.1 Å². The predicted molar refractivity (Wildman–Crippen MR) is 90.3 cm³/mol. The van der Waals surface area contributed by atoms with Crippen LogP contribution in [0.15, 0.2) is 60.7 Å². The third kappa shape index (κ3) is 2.05. The molecule has 0 atom stereocenters. The number of hydrogen-bond donors (Lipinski definition) is 0. The van der Waals surface area contributed by atoms with Crippen LogP contribution in [0.3, 0.4) is 0 Å². The van der Waals surface area contributed by atoms with E-state index in [9.17, 15) is 0 Å². The first kappa shape index (κ1) is 11.8. The van der Waals surface area contributed by atoms with Crippen LogP contribution in [0.5, 0.6) is 0 Å². The van der Waals surface area contributed by atoms with Gasteiger partial charge in [-0.05, 0) is 50.6 Å². The molecule has 0 aliphatic carbocycles. The topological polar surface area (TPSA) is 0 Å². The first-order valence-corrected chi connectivity index (χ1v) is 7.08. The summed E-state index contributed by atoms with van der Waals surface area (Å²) in [6.45, 7) is 0. The SMILES string of the molecule is Bc1ccc(-c2ccc(I)c3ccccc23)cc1. The first-order chi connectivity index (χ1) is 8.75. The Bertz CT molecular complexity index is 702. The van der Waals surface area contributed by atoms with Crippen molar-refractivity contribution >= 4 is 46.7 Å². The monoisotopic (exact) mass is 342 g/mol. The summed E-state index contributed by atoms with van der Waals surface area (Å²) in [5.74, 6) is 0. The van der Waals surface area contributed by atoms with Crippen molar-refractivity contribution in [1.29, 1.82) is 0 Å². The lowest BCUT2D eigenvalue weighted by atomic mass is 9.92. The maximum atomic E-state index is 2.40. The van der Waals surface area contributed by atoms with Gasteiger partial charge in [-0.2, -0.15) is 0 Å². The van der Waals surface area contributed by atoms with Gasteiger partial charge in [0.15, 0.2) is 0 Å². The molecule has 0 saturated heterocycles. The molecule has 0 saturated carbocycles. The van der Waals surface area contributed by atoms with Crippen LogP contribution in [0.2, 0.25) is 0 Å². The predicted octanol–water partition coefficient (Wildman–Crippen LogP) is 3.37. The quantitative estimate of drug-likeness (QED) is 0.470. The maximum absolute atomic E-state index is 2.40. The summed E-state index contributed by atoms with van der Waals surface area (Å²) in [5, 5.41) is 2.66. The van der Waals surface area contributed by atoms with E-state index in [-0.39, 0.29) is 0 Å². The van der Waals surface area contributed by atoms with Gasteiger partial charge in [0.2, 0.25) is 0 Å². The molecule has 0 nitrogen and oxygen atoms in total. The van der Waals surface area contributed by atoms with E-state index >= 15 is 0 Å². The summed E-state index contributed by atoms with van der Waals surface area (Å²) in [6.07, 6.45) is 0. The molecule has 3 aromatic carbocycles. The van der Waals surface area contributed by atoms with Crippen LogP contribution in [0.25, 0.3) is 21.9 Å². The Morgan fingerprint density at radius 3 is 2.11 bits per heavy atom. The molecular weight excluding hydrogens is 330 g/mol. The molecule has 0 amide bonds. The van der Waals surface area contributed by atoms with Crippen molar-refractivity contribution in [3.8, 4) is 11.1 Å². The lowest BCUT2D eigenvalue weighted by Crippen LogP contribution is -1.99. The van der Waals surface area contributed by atoms with Crippen molar-refractivity contribution in [1.82, 2.24) is 0 Å². The van der Waals surface area contributed by atoms with Gasteiger partial charge in [-0.3, -0.25) is 0 Å². The Labute approximate surface area is 122 Å². The van der Waals surface area contributed by atoms with E-state index in [1.165, 1.54) is 30.9 Å². The third-order valence-electron chi connectivity index (χ3n) is 3.23. The molecule has 18 heavy (non-hydrogen) atoms. The summed E-state index contributed by atoms with van der Waals surface area (Å²) in [5.41, 5.74) is 3.90. The van der Waals surface area contributed by atoms with Gasteiger partial charge in [-0.15, -0.1) is 0 Å². The Kier molecular flexibility index (Phi) is 3.12. The molecule has 0 aromatic heterocycles. The maximum Gasteiger partial charge on any atom is 0.139 e. The standard InChI is InChI=1S/C16H12BI/c17-12-7-5-11(6-8-12)13-9-10-16(18)15-4-2-1-3-14(13)15/h1-10H,17H2. The van der Waals surface area contributed by atoms with Crippen LogP contribution in [0.1, 0.15) is 0 Å². The molecule has 0 heterocycles. The Morgan fingerprint density at radius 2 is 1.39 bits per heavy atom. The lowest BCUT2D eigenvalue weighted by molar-refractivity contribution is 1.65. The number of halogens is 1. The van der Waals surface area contributed by atoms with Gasteiger partial charge in [0.1, 0.15) is 7.85 Å². The van der Waals surface area contributed by atoms with Crippen LogP contribution in [-0.2, 0) is 0 Å². The van der Waals surface area contributed by atoms with Crippen LogP contribution in [0, 0.1) is 3.57 Å². The van der Waals surface area contributed by atoms with E-state index in [0.29, 0.717) is 0 Å². The Balaban J connectivity index is 2.30. The minimum atomic E-state index is 1.29. The van der Waals surface area contributed by atoms with E-state index < -0.39 is 0 Å². The second-order valence-electron chi connectivity index (χ2n) is 4.51. The minimum Gasteiger partial charge on any atom is -0.0889 e. The average Bonchev–Trinajstić information content (AvgIpc) is 2.41. The van der Waals surface area contributed by atoms with Crippen LogP contribution in [-0.4, -0.2) is 7.85 Å². The Hall–Kier alpha value is -1.29. The molecule has 0 radical (unpaired) electrons. The van der Waals surface area contributed by atoms with Crippen molar-refractivity contribution in [3.63, 3.8) is 0 Å². The summed E-state index contributed by atoms with van der Waals surface area (Å²) in [4.78, 5) is 0. The smallest absolute Gasteiger partial charge is 0.0889 e. The molecule has 0 spiro atoms. The fourth-order valence-corrected chi connectivity index (χ4v) is 2.90. The van der Waals surface area contributed by atoms with Crippen molar-refractivity contribution in [2.75, 3.05) is 0 Å². The second kappa shape index (κ2) is 4.77. The fourth-order valence-electron chi connectivity index (χ4n) is 2.25. The molecule has 0 fully saturated rings. The van der Waals surface area contributed by atoms with E-state index in [1.807, 2.05) is 0 Å². The summed E-state index contributed by atoms with van der Waals surface area (Å²) in [6, 6.07) is 21.7. The summed E-state index contributed by atoms with van der Waals surface area (Å²) >= 11 is 2.40. The van der Waals surface area contributed by atoms with Crippen molar-refractivity contribution in [2.45, 2.75) is 0 Å². The summed E-state index contributed by atoms with van der Waals surface area (Å²) < 4.78 is 1.30. The van der Waals surface area contributed by atoms with Gasteiger partial charge in [-0.25, -0.2) is 0 Å². The number of rotatable bonds is 1. The van der Waals surface area contributed by atoms with E-state index in [0.717, 1.165) is 0 Å². The van der Waals surface area contributed by atoms with Gasteiger partial charge in [0, 0.05) is 3.57 Å². The zero-order chi connectivity index (χ0) is 12.5. The largest absolute Gasteiger partial charge is 0.139 e. The molecule has 0 aliphatic rings. The zero-order valence-corrected chi connectivity index (χ0v) is 12.3. The highest BCUT2D eigenvalue weighted by Gasteiger charge is 2.05. The highest BCUT2D eigenvalue weighted by atomic mass is 127. The van der Waals surface area contributed by atoms with Crippen molar-refractivity contribution in [2.24, 2.45) is 0 Å². The molecule has 3 rings (SSSR count). The van der Waals surface area contributed by atoms with Gasteiger partial charge < -0.3 is 0 Å². The average molecular weight is 342 g/mol. The van der Waals surface area contributed by atoms with E-state index in [4.69, 9.17) is 0 Å². The van der Waals surface area contributed by atoms with Gasteiger partial charge in [0.25, 0.3) is 0 Å². The van der Waals surface area contributed by atoms with Crippen LogP contribution < -0.4 is 5.46 Å². The normalized spacial score (nSPS) is 10.7. The molecule has 2 heteroatoms. The highest BCUT2D eigenvalue weighted by Crippen LogP contribution is 2.30. The second-order valence-corrected chi connectivity index (χ2v) is 5.67. The molecule has 0 unspecified atom stereocenters. The molecule has 0 bridgehead atoms. The molecule has 3 aromatic rings. The molecule has 86 valence electrons. The zero-order valence-electron chi connectivity index (χ0n) is 10.2. The lowest BCUT2D eigenvalue weighted by Gasteiger charge is -2.08. The van der Waals surface area contributed by atoms with Crippen molar-refractivity contribution in [3.05, 3.63) is 64.2 Å². The van der Waals surface area contributed by atoms with Crippen LogP contribution in [0.4, 0.5) is 0 Å². The first-order valence-electron chi connectivity index (χ1n) is 6.00. The van der Waals surface area contributed by atoms with Crippen LogP contribution >= 0.6 is 22.6 Å². The summed E-state index contributed by atoms with van der Waals surface area (Å²) in [7, 11) is 2.12. The molecule has 0 aliphatic heterocycles. The number of benzene rings is 3. The van der Waals surface area contributed by atoms with Gasteiger partial charge in [0.05, 0.1) is 0 Å². The number of hydrogen-bond acceptors (Lipinski definition) is 0. The Morgan fingerprint density at radius 1 is 0.722 bits per heavy atom. The molecule has 0 N–H and O–H groups in total. The third-order valence-corrected chi connectivity index (χ3v) is 4.17. The van der Waals surface area contributed by atoms with Crippen molar-refractivity contribution < 1.29 is 0 Å². The fraction of sp³-hybridized carbons (Fsp3) is 0. The molecular formula is C16H12BI.